The van der Waals surface area contributed by atoms with Crippen molar-refractivity contribution in [1.29, 1.82) is 0 Å². The molecular weight excluding hydrogens is 289 g/mol. The first-order valence-electron chi connectivity index (χ1n) is 5.93. The minimum Gasteiger partial charge on any atom is -0.460 e. The first-order chi connectivity index (χ1) is 9.34. The maximum absolute atomic E-state index is 13.3. The quantitative estimate of drug-likeness (QED) is 0.600. The normalized spacial score (nSPS) is 11.3. The van der Waals surface area contributed by atoms with Crippen LogP contribution in [0.25, 0.3) is 0 Å². The Kier molecular flexibility index (Phi) is 6.05. The highest BCUT2D eigenvalue weighted by Crippen LogP contribution is 2.14. The van der Waals surface area contributed by atoms with E-state index in [0.29, 0.717) is 6.61 Å². The molecule has 0 saturated carbocycles. The summed E-state index contributed by atoms with van der Waals surface area (Å²) in [7, 11) is -4.09. The van der Waals surface area contributed by atoms with E-state index in [1.807, 2.05) is 6.92 Å². The molecule has 2 N–H and O–H groups in total. The molecule has 0 spiro atoms. The molecule has 0 radical (unpaired) electrons. The second kappa shape index (κ2) is 7.32. The van der Waals surface area contributed by atoms with Gasteiger partial charge in [-0.1, -0.05) is 6.92 Å². The molecule has 0 fully saturated rings. The van der Waals surface area contributed by atoms with E-state index in [2.05, 4.69) is 0 Å². The molecule has 0 bridgehead atoms. The second-order valence-electron chi connectivity index (χ2n) is 3.97. The van der Waals surface area contributed by atoms with Crippen molar-refractivity contribution < 1.29 is 27.1 Å². The van der Waals surface area contributed by atoms with E-state index in [1.165, 1.54) is 0 Å². The van der Waals surface area contributed by atoms with Crippen molar-refractivity contribution in [3.63, 3.8) is 0 Å². The molecule has 0 atom stereocenters. The molecule has 0 heterocycles. The Balaban J connectivity index is 2.71. The Morgan fingerprint density at radius 1 is 1.25 bits per heavy atom. The topological polar surface area (TPSA) is 95.7 Å². The van der Waals surface area contributed by atoms with Gasteiger partial charge in [-0.15, -0.1) is 0 Å². The van der Waals surface area contributed by atoms with Crippen molar-refractivity contribution in [2.75, 3.05) is 19.8 Å². The number of esters is 1. The van der Waals surface area contributed by atoms with Crippen LogP contribution in [0.1, 0.15) is 23.7 Å². The zero-order valence-electron chi connectivity index (χ0n) is 11.0. The molecule has 1 aromatic rings. The summed E-state index contributed by atoms with van der Waals surface area (Å²) >= 11 is 0. The number of benzene rings is 1. The van der Waals surface area contributed by atoms with Crippen LogP contribution in [0.2, 0.25) is 0 Å². The molecule has 1 aromatic carbocycles. The third-order valence-corrected chi connectivity index (χ3v) is 3.14. The van der Waals surface area contributed by atoms with E-state index >= 15 is 0 Å². The van der Waals surface area contributed by atoms with Gasteiger partial charge in [-0.25, -0.2) is 22.7 Å². The minimum absolute atomic E-state index is 0.0000546. The molecule has 20 heavy (non-hydrogen) atoms. The zero-order chi connectivity index (χ0) is 15.2. The number of primary sulfonamides is 1. The van der Waals surface area contributed by atoms with Gasteiger partial charge in [0.1, 0.15) is 12.4 Å². The van der Waals surface area contributed by atoms with Crippen LogP contribution in [0.4, 0.5) is 4.39 Å². The molecule has 0 aliphatic heterocycles. The Morgan fingerprint density at radius 3 is 2.55 bits per heavy atom. The van der Waals surface area contributed by atoms with Crippen LogP contribution < -0.4 is 5.14 Å². The number of sulfonamides is 1. The predicted molar refractivity (Wildman–Crippen MR) is 69.2 cm³/mol. The summed E-state index contributed by atoms with van der Waals surface area (Å²) in [6.45, 7) is 2.71. The first kappa shape index (κ1) is 16.5. The Morgan fingerprint density at radius 2 is 1.95 bits per heavy atom. The monoisotopic (exact) mass is 305 g/mol. The summed E-state index contributed by atoms with van der Waals surface area (Å²) in [5.74, 6) is -1.72. The average Bonchev–Trinajstić information content (AvgIpc) is 2.36. The molecule has 112 valence electrons. The number of ether oxygens (including phenoxy) is 2. The molecule has 0 aliphatic rings. The predicted octanol–water partition coefficient (Wildman–Crippen LogP) is 1.06. The molecule has 0 saturated heterocycles. The summed E-state index contributed by atoms with van der Waals surface area (Å²) < 4.78 is 45.5. The van der Waals surface area contributed by atoms with E-state index in [-0.39, 0.29) is 18.8 Å². The van der Waals surface area contributed by atoms with Gasteiger partial charge in [0.2, 0.25) is 10.0 Å². The van der Waals surface area contributed by atoms with Crippen molar-refractivity contribution in [2.24, 2.45) is 5.14 Å². The van der Waals surface area contributed by atoms with Crippen LogP contribution in [0.15, 0.2) is 23.1 Å². The highest BCUT2D eigenvalue weighted by Gasteiger charge is 2.15. The van der Waals surface area contributed by atoms with Crippen LogP contribution >= 0.6 is 0 Å². The summed E-state index contributed by atoms with van der Waals surface area (Å²) in [5, 5.41) is 4.88. The molecule has 0 aliphatic carbocycles. The highest BCUT2D eigenvalue weighted by molar-refractivity contribution is 7.89. The summed E-state index contributed by atoms with van der Waals surface area (Å²) in [5.41, 5.74) is -0.218. The van der Waals surface area contributed by atoms with Crippen LogP contribution in [0, 0.1) is 5.82 Å². The zero-order valence-corrected chi connectivity index (χ0v) is 11.8. The van der Waals surface area contributed by atoms with E-state index in [0.717, 1.165) is 24.6 Å². The number of halogens is 1. The maximum atomic E-state index is 13.3. The van der Waals surface area contributed by atoms with Crippen molar-refractivity contribution in [3.8, 4) is 0 Å². The SMILES string of the molecule is CCCOCCOC(=O)c1cc(F)cc(S(N)(=O)=O)c1. The molecule has 6 nitrogen and oxygen atoms in total. The molecular formula is C12H16FNO5S. The first-order valence-corrected chi connectivity index (χ1v) is 7.47. The van der Waals surface area contributed by atoms with Crippen LogP contribution in [0.3, 0.4) is 0 Å². The molecule has 0 aromatic heterocycles. The highest BCUT2D eigenvalue weighted by atomic mass is 32.2. The van der Waals surface area contributed by atoms with E-state index in [4.69, 9.17) is 14.6 Å². The lowest BCUT2D eigenvalue weighted by Crippen LogP contribution is -2.15. The average molecular weight is 305 g/mol. The van der Waals surface area contributed by atoms with Crippen LogP contribution in [0.5, 0.6) is 0 Å². The molecule has 8 heteroatoms. The van der Waals surface area contributed by atoms with E-state index in [9.17, 15) is 17.6 Å². The lowest BCUT2D eigenvalue weighted by Gasteiger charge is -2.07. The van der Waals surface area contributed by atoms with E-state index < -0.39 is 26.7 Å². The lowest BCUT2D eigenvalue weighted by molar-refractivity contribution is 0.0318. The summed E-state index contributed by atoms with van der Waals surface area (Å²) in [4.78, 5) is 11.1. The van der Waals surface area contributed by atoms with Gasteiger partial charge in [-0.05, 0) is 24.6 Å². The van der Waals surface area contributed by atoms with Gasteiger partial charge in [-0.2, -0.15) is 0 Å². The maximum Gasteiger partial charge on any atom is 0.338 e. The third kappa shape index (κ3) is 5.24. The lowest BCUT2D eigenvalue weighted by atomic mass is 10.2. The fraction of sp³-hybridized carbons (Fsp3) is 0.417. The minimum atomic E-state index is -4.09. The Hall–Kier alpha value is -1.51. The van der Waals surface area contributed by atoms with Gasteiger partial charge >= 0.3 is 5.97 Å². The van der Waals surface area contributed by atoms with Crippen molar-refractivity contribution >= 4 is 16.0 Å². The smallest absolute Gasteiger partial charge is 0.338 e. The molecule has 0 unspecified atom stereocenters. The van der Waals surface area contributed by atoms with Crippen molar-refractivity contribution in [2.45, 2.75) is 18.2 Å². The standard InChI is InChI=1S/C12H16FNO5S/c1-2-3-18-4-5-19-12(15)9-6-10(13)8-11(7-9)20(14,16)17/h6-8H,2-5H2,1H3,(H2,14,16,17). The van der Waals surface area contributed by atoms with Gasteiger partial charge in [0.15, 0.2) is 0 Å². The number of carbonyl (C=O) groups is 1. The summed E-state index contributed by atoms with van der Waals surface area (Å²) in [6.07, 6.45) is 0.843. The van der Waals surface area contributed by atoms with Gasteiger partial charge < -0.3 is 9.47 Å². The largest absolute Gasteiger partial charge is 0.460 e. The third-order valence-electron chi connectivity index (χ3n) is 2.24. The van der Waals surface area contributed by atoms with Gasteiger partial charge in [0.05, 0.1) is 17.1 Å². The Bertz CT molecular complexity index is 573. The second-order valence-corrected chi connectivity index (χ2v) is 5.53. The number of nitrogens with two attached hydrogens (primary N) is 1. The molecule has 1 rings (SSSR count). The number of hydrogen-bond acceptors (Lipinski definition) is 5. The van der Waals surface area contributed by atoms with Crippen LogP contribution in [-0.2, 0) is 19.5 Å². The van der Waals surface area contributed by atoms with E-state index in [1.54, 1.807) is 0 Å². The fourth-order valence-electron chi connectivity index (χ4n) is 1.37. The van der Waals surface area contributed by atoms with Gasteiger partial charge in [0.25, 0.3) is 0 Å². The number of carbonyl (C=O) groups excluding carboxylic acids is 1. The summed E-state index contributed by atoms with van der Waals surface area (Å²) in [6, 6.07) is 2.58. The number of hydrogen-bond donors (Lipinski definition) is 1. The van der Waals surface area contributed by atoms with Crippen molar-refractivity contribution in [3.05, 3.63) is 29.6 Å². The number of rotatable bonds is 7. The molecule has 0 amide bonds. The fourth-order valence-corrected chi connectivity index (χ4v) is 1.94. The van der Waals surface area contributed by atoms with Crippen LogP contribution in [-0.4, -0.2) is 34.2 Å². The van der Waals surface area contributed by atoms with Crippen molar-refractivity contribution in [1.82, 2.24) is 0 Å². The van der Waals surface area contributed by atoms with Gasteiger partial charge in [0, 0.05) is 6.61 Å². The van der Waals surface area contributed by atoms with Gasteiger partial charge in [-0.3, -0.25) is 0 Å². The Labute approximate surface area is 116 Å².